The Morgan fingerprint density at radius 2 is 2.19 bits per heavy atom. The third-order valence-electron chi connectivity index (χ3n) is 2.50. The Bertz CT molecular complexity index is 510. The Hall–Kier alpha value is -1.27. The van der Waals surface area contributed by atoms with Crippen molar-refractivity contribution >= 4 is 10.0 Å². The lowest BCUT2D eigenvalue weighted by Gasteiger charge is -2.19. The Balaban J connectivity index is 2.61. The number of sulfonamides is 1. The molecule has 1 heterocycles. The van der Waals surface area contributed by atoms with Crippen molar-refractivity contribution in [1.29, 1.82) is 0 Å². The summed E-state index contributed by atoms with van der Waals surface area (Å²) in [7, 11) is -2.36. The van der Waals surface area contributed by atoms with E-state index < -0.39 is 10.0 Å². The van der Waals surface area contributed by atoms with Crippen molar-refractivity contribution in [3.8, 4) is 11.5 Å². The maximum Gasteiger partial charge on any atom is 0.241 e. The number of methoxy groups -OCH3 is 1. The highest BCUT2D eigenvalue weighted by Gasteiger charge is 2.20. The van der Waals surface area contributed by atoms with Gasteiger partial charge in [0.25, 0.3) is 0 Å². The number of ether oxygens (including phenoxy) is 2. The molecule has 1 aliphatic heterocycles. The van der Waals surface area contributed by atoms with Crippen LogP contribution in [0, 0.1) is 0 Å². The molecule has 0 saturated heterocycles. The molecule has 0 aliphatic carbocycles. The van der Waals surface area contributed by atoms with Gasteiger partial charge in [-0.1, -0.05) is 0 Å². The molecule has 0 aromatic heterocycles. The molecule has 0 spiro atoms. The topological polar surface area (TPSA) is 78.6 Å². The monoisotopic (exact) mass is 243 g/mol. The van der Waals surface area contributed by atoms with Gasteiger partial charge >= 0.3 is 0 Å². The molecule has 5 nitrogen and oxygen atoms in total. The van der Waals surface area contributed by atoms with E-state index in [1.54, 1.807) is 6.07 Å². The molecule has 1 aliphatic rings. The lowest BCUT2D eigenvalue weighted by Crippen LogP contribution is -2.16. The number of benzene rings is 1. The molecule has 2 N–H and O–H groups in total. The molecule has 0 radical (unpaired) electrons. The number of hydrogen-bond acceptors (Lipinski definition) is 4. The molecule has 16 heavy (non-hydrogen) atoms. The predicted octanol–water partition coefficient (Wildman–Crippen LogP) is 0.668. The van der Waals surface area contributed by atoms with Gasteiger partial charge < -0.3 is 9.47 Å². The second-order valence-electron chi connectivity index (χ2n) is 3.61. The van der Waals surface area contributed by atoms with Gasteiger partial charge in [-0.2, -0.15) is 0 Å². The van der Waals surface area contributed by atoms with E-state index in [4.69, 9.17) is 14.6 Å². The zero-order chi connectivity index (χ0) is 11.8. The molecule has 6 heteroatoms. The lowest BCUT2D eigenvalue weighted by atomic mass is 10.1. The van der Waals surface area contributed by atoms with Crippen LogP contribution in [0.15, 0.2) is 17.0 Å². The maximum atomic E-state index is 11.4. The first-order valence-electron chi connectivity index (χ1n) is 4.89. The Morgan fingerprint density at radius 1 is 1.44 bits per heavy atom. The van der Waals surface area contributed by atoms with Crippen molar-refractivity contribution in [1.82, 2.24) is 0 Å². The quantitative estimate of drug-likeness (QED) is 0.828. The van der Waals surface area contributed by atoms with E-state index in [2.05, 4.69) is 0 Å². The van der Waals surface area contributed by atoms with Crippen LogP contribution < -0.4 is 14.6 Å². The molecule has 0 bridgehead atoms. The summed E-state index contributed by atoms with van der Waals surface area (Å²) in [4.78, 5) is 0.0132. The molecular weight excluding hydrogens is 230 g/mol. The average Bonchev–Trinajstić information content (AvgIpc) is 2.26. The highest BCUT2D eigenvalue weighted by atomic mass is 32.2. The van der Waals surface area contributed by atoms with E-state index in [0.717, 1.165) is 18.4 Å². The van der Waals surface area contributed by atoms with Gasteiger partial charge in [0.05, 0.1) is 13.7 Å². The summed E-state index contributed by atoms with van der Waals surface area (Å²) in [5, 5.41) is 5.12. The van der Waals surface area contributed by atoms with E-state index >= 15 is 0 Å². The molecule has 2 rings (SSSR count). The van der Waals surface area contributed by atoms with Crippen molar-refractivity contribution in [3.63, 3.8) is 0 Å². The van der Waals surface area contributed by atoms with Crippen LogP contribution >= 0.6 is 0 Å². The summed E-state index contributed by atoms with van der Waals surface area (Å²) in [6, 6.07) is 3.11. The first kappa shape index (κ1) is 11.2. The first-order chi connectivity index (χ1) is 7.52. The third-order valence-corrected chi connectivity index (χ3v) is 3.43. The van der Waals surface area contributed by atoms with Gasteiger partial charge in [-0.15, -0.1) is 0 Å². The van der Waals surface area contributed by atoms with Crippen LogP contribution in [0.1, 0.15) is 12.0 Å². The van der Waals surface area contributed by atoms with Gasteiger partial charge in [-0.05, 0) is 24.5 Å². The van der Waals surface area contributed by atoms with Crippen molar-refractivity contribution in [2.24, 2.45) is 5.14 Å². The summed E-state index contributed by atoms with van der Waals surface area (Å²) in [5.74, 6) is 0.902. The second-order valence-corrected chi connectivity index (χ2v) is 5.14. The second kappa shape index (κ2) is 3.95. The highest BCUT2D eigenvalue weighted by molar-refractivity contribution is 7.89. The fourth-order valence-electron chi connectivity index (χ4n) is 1.74. The minimum atomic E-state index is -3.76. The van der Waals surface area contributed by atoms with E-state index in [-0.39, 0.29) is 10.6 Å². The highest BCUT2D eigenvalue weighted by Crippen LogP contribution is 2.34. The average molecular weight is 243 g/mol. The van der Waals surface area contributed by atoms with Crippen LogP contribution in [-0.2, 0) is 16.4 Å². The van der Waals surface area contributed by atoms with Crippen molar-refractivity contribution < 1.29 is 17.9 Å². The minimum absolute atomic E-state index is 0.0132. The zero-order valence-corrected chi connectivity index (χ0v) is 9.71. The predicted molar refractivity (Wildman–Crippen MR) is 58.2 cm³/mol. The minimum Gasteiger partial charge on any atom is -0.495 e. The normalized spacial score (nSPS) is 15.1. The maximum absolute atomic E-state index is 11.4. The number of aryl methyl sites for hydroxylation is 1. The SMILES string of the molecule is COc1cc2c(cc1S(N)(=O)=O)CCCO2. The molecule has 0 atom stereocenters. The van der Waals surface area contributed by atoms with Gasteiger partial charge in [0, 0.05) is 6.07 Å². The summed E-state index contributed by atoms with van der Waals surface area (Å²) in [6.45, 7) is 0.644. The molecule has 0 amide bonds. The largest absolute Gasteiger partial charge is 0.495 e. The summed E-state index contributed by atoms with van der Waals surface area (Å²) in [5.41, 5.74) is 0.857. The van der Waals surface area contributed by atoms with Gasteiger partial charge in [-0.3, -0.25) is 0 Å². The number of rotatable bonds is 2. The lowest BCUT2D eigenvalue weighted by molar-refractivity contribution is 0.285. The molecule has 1 aromatic carbocycles. The summed E-state index contributed by atoms with van der Waals surface area (Å²) < 4.78 is 33.1. The van der Waals surface area contributed by atoms with Crippen molar-refractivity contribution in [3.05, 3.63) is 17.7 Å². The summed E-state index contributed by atoms with van der Waals surface area (Å²) >= 11 is 0. The number of nitrogens with two attached hydrogens (primary N) is 1. The van der Waals surface area contributed by atoms with Gasteiger partial charge in [-0.25, -0.2) is 13.6 Å². The molecule has 1 aromatic rings. The fraction of sp³-hybridized carbons (Fsp3) is 0.400. The standard InChI is InChI=1S/C10H13NO4S/c1-14-9-6-8-7(3-2-4-15-8)5-10(9)16(11,12)13/h5-6H,2-4H2,1H3,(H2,11,12,13). The van der Waals surface area contributed by atoms with Crippen LogP contribution in [0.3, 0.4) is 0 Å². The van der Waals surface area contributed by atoms with Crippen LogP contribution in [0.5, 0.6) is 11.5 Å². The van der Waals surface area contributed by atoms with Crippen molar-refractivity contribution in [2.45, 2.75) is 17.7 Å². The first-order valence-corrected chi connectivity index (χ1v) is 6.43. The molecule has 0 saturated carbocycles. The Morgan fingerprint density at radius 3 is 2.81 bits per heavy atom. The van der Waals surface area contributed by atoms with Crippen LogP contribution in [-0.4, -0.2) is 22.1 Å². The van der Waals surface area contributed by atoms with E-state index in [1.165, 1.54) is 13.2 Å². The molecule has 0 unspecified atom stereocenters. The van der Waals surface area contributed by atoms with E-state index in [9.17, 15) is 8.42 Å². The molecular formula is C10H13NO4S. The summed E-state index contributed by atoms with van der Waals surface area (Å²) in [6.07, 6.45) is 1.67. The zero-order valence-electron chi connectivity index (χ0n) is 8.89. The Kier molecular flexibility index (Phi) is 2.77. The number of hydrogen-bond donors (Lipinski definition) is 1. The Labute approximate surface area is 94.2 Å². The number of fused-ring (bicyclic) bond motifs is 1. The van der Waals surface area contributed by atoms with Crippen LogP contribution in [0.2, 0.25) is 0 Å². The molecule has 88 valence electrons. The van der Waals surface area contributed by atoms with Crippen LogP contribution in [0.25, 0.3) is 0 Å². The van der Waals surface area contributed by atoms with Gasteiger partial charge in [0.15, 0.2) is 0 Å². The number of primary sulfonamides is 1. The van der Waals surface area contributed by atoms with E-state index in [0.29, 0.717) is 12.4 Å². The fourth-order valence-corrected chi connectivity index (χ4v) is 2.47. The van der Waals surface area contributed by atoms with Crippen molar-refractivity contribution in [2.75, 3.05) is 13.7 Å². The van der Waals surface area contributed by atoms with Crippen LogP contribution in [0.4, 0.5) is 0 Å². The smallest absolute Gasteiger partial charge is 0.241 e. The third kappa shape index (κ3) is 1.98. The molecule has 0 fully saturated rings. The van der Waals surface area contributed by atoms with Gasteiger partial charge in [0.2, 0.25) is 10.0 Å². The van der Waals surface area contributed by atoms with E-state index in [1.807, 2.05) is 0 Å². The van der Waals surface area contributed by atoms with Gasteiger partial charge in [0.1, 0.15) is 16.4 Å².